The minimum Gasteiger partial charge on any atom is -0.427 e. The van der Waals surface area contributed by atoms with E-state index in [0.717, 1.165) is 5.92 Å². The van der Waals surface area contributed by atoms with Crippen molar-refractivity contribution in [3.05, 3.63) is 0 Å². The zero-order valence-electron chi connectivity index (χ0n) is 7.79. The van der Waals surface area contributed by atoms with Crippen LogP contribution in [0.1, 0.15) is 25.7 Å². The van der Waals surface area contributed by atoms with Gasteiger partial charge in [0.2, 0.25) is 0 Å². The minimum absolute atomic E-state index is 0.167. The van der Waals surface area contributed by atoms with Gasteiger partial charge in [0.1, 0.15) is 0 Å². The Hall–Kier alpha value is 0.137. The number of hydrogen-bond acceptors (Lipinski definition) is 2. The van der Waals surface area contributed by atoms with Crippen molar-refractivity contribution >= 4 is 9.76 Å². The lowest BCUT2D eigenvalue weighted by atomic mass is 9.88. The molecule has 3 atom stereocenters. The Morgan fingerprint density at radius 3 is 3.08 bits per heavy atom. The molecule has 0 N–H and O–H groups in total. The van der Waals surface area contributed by atoms with Gasteiger partial charge in [-0.15, -0.1) is 0 Å². The van der Waals surface area contributed by atoms with Crippen LogP contribution < -0.4 is 0 Å². The van der Waals surface area contributed by atoms with E-state index in [-0.39, 0.29) is 9.76 Å². The topological polar surface area (TPSA) is 21.8 Å². The highest BCUT2D eigenvalue weighted by Gasteiger charge is 2.43. The Kier molecular flexibility index (Phi) is 2.83. The third-order valence-electron chi connectivity index (χ3n) is 3.07. The SMILES string of the molecule is CO[SiH2]CCC1CCC2OC2C1. The summed E-state index contributed by atoms with van der Waals surface area (Å²) in [6, 6.07) is 1.36. The van der Waals surface area contributed by atoms with Crippen LogP contribution in [0.3, 0.4) is 0 Å². The molecule has 0 aromatic carbocycles. The molecular weight excluding hydrogens is 168 g/mol. The van der Waals surface area contributed by atoms with Gasteiger partial charge in [0, 0.05) is 7.11 Å². The second-order valence-corrected chi connectivity index (χ2v) is 5.72. The molecule has 0 aromatic rings. The summed E-state index contributed by atoms with van der Waals surface area (Å²) in [4.78, 5) is 0. The van der Waals surface area contributed by atoms with Crippen LogP contribution >= 0.6 is 0 Å². The van der Waals surface area contributed by atoms with Crippen LogP contribution in [0.4, 0.5) is 0 Å². The molecule has 0 bridgehead atoms. The molecule has 70 valence electrons. The maximum Gasteiger partial charge on any atom is 0.161 e. The highest BCUT2D eigenvalue weighted by molar-refractivity contribution is 6.26. The number of ether oxygens (including phenoxy) is 1. The van der Waals surface area contributed by atoms with Gasteiger partial charge >= 0.3 is 0 Å². The molecule has 1 aliphatic carbocycles. The predicted molar refractivity (Wildman–Crippen MR) is 51.0 cm³/mol. The van der Waals surface area contributed by atoms with E-state index in [4.69, 9.17) is 9.16 Å². The van der Waals surface area contributed by atoms with Gasteiger partial charge in [-0.3, -0.25) is 0 Å². The molecule has 1 saturated carbocycles. The molecule has 0 spiro atoms. The average Bonchev–Trinajstić information content (AvgIpc) is 2.83. The Balaban J connectivity index is 1.61. The summed E-state index contributed by atoms with van der Waals surface area (Å²) in [5, 5.41) is 0. The Morgan fingerprint density at radius 2 is 2.33 bits per heavy atom. The second-order valence-electron chi connectivity index (χ2n) is 4.03. The third kappa shape index (κ3) is 2.09. The van der Waals surface area contributed by atoms with Crippen molar-refractivity contribution in [3.8, 4) is 0 Å². The van der Waals surface area contributed by atoms with Crippen LogP contribution in [0, 0.1) is 5.92 Å². The highest BCUT2D eigenvalue weighted by atomic mass is 28.2. The molecule has 3 heteroatoms. The number of fused-ring (bicyclic) bond motifs is 1. The highest BCUT2D eigenvalue weighted by Crippen LogP contribution is 2.40. The fraction of sp³-hybridized carbons (Fsp3) is 1.00. The van der Waals surface area contributed by atoms with Gasteiger partial charge in [0.15, 0.2) is 9.76 Å². The van der Waals surface area contributed by atoms with Gasteiger partial charge in [0.25, 0.3) is 0 Å². The van der Waals surface area contributed by atoms with Gasteiger partial charge in [-0.2, -0.15) is 0 Å². The zero-order valence-corrected chi connectivity index (χ0v) is 9.21. The summed E-state index contributed by atoms with van der Waals surface area (Å²) in [7, 11) is 1.67. The summed E-state index contributed by atoms with van der Waals surface area (Å²) in [6.45, 7) is 0. The van der Waals surface area contributed by atoms with Crippen molar-refractivity contribution in [2.24, 2.45) is 5.92 Å². The monoisotopic (exact) mass is 186 g/mol. The van der Waals surface area contributed by atoms with E-state index in [1.54, 1.807) is 0 Å². The molecule has 2 rings (SSSR count). The first-order valence-corrected chi connectivity index (χ1v) is 6.62. The van der Waals surface area contributed by atoms with Crippen LogP contribution in [-0.4, -0.2) is 29.1 Å². The summed E-state index contributed by atoms with van der Waals surface area (Å²) in [5.41, 5.74) is 0. The predicted octanol–water partition coefficient (Wildman–Crippen LogP) is 1.09. The number of hydrogen-bond donors (Lipinski definition) is 0. The molecule has 2 aliphatic rings. The van der Waals surface area contributed by atoms with Gasteiger partial charge in [-0.25, -0.2) is 0 Å². The molecule has 12 heavy (non-hydrogen) atoms. The van der Waals surface area contributed by atoms with Crippen LogP contribution in [0.25, 0.3) is 0 Å². The lowest BCUT2D eigenvalue weighted by Gasteiger charge is -2.17. The Morgan fingerprint density at radius 1 is 1.42 bits per heavy atom. The van der Waals surface area contributed by atoms with Gasteiger partial charge in [0.05, 0.1) is 12.2 Å². The van der Waals surface area contributed by atoms with Crippen molar-refractivity contribution in [1.82, 2.24) is 0 Å². The number of rotatable bonds is 4. The molecule has 0 amide bonds. The Bertz CT molecular complexity index is 151. The van der Waals surface area contributed by atoms with Crippen molar-refractivity contribution in [2.45, 2.75) is 43.9 Å². The standard InChI is InChI=1S/C9H18O2Si/c1-10-12-5-4-7-2-3-8-9(6-7)11-8/h7-9H,2-6,12H2,1H3. The third-order valence-corrected chi connectivity index (χ3v) is 4.18. The van der Waals surface area contributed by atoms with E-state index in [9.17, 15) is 0 Å². The first-order chi connectivity index (χ1) is 5.90. The van der Waals surface area contributed by atoms with E-state index in [1.165, 1.54) is 31.7 Å². The van der Waals surface area contributed by atoms with E-state index < -0.39 is 0 Å². The molecular formula is C9H18O2Si. The summed E-state index contributed by atoms with van der Waals surface area (Å²) in [5.74, 6) is 0.955. The largest absolute Gasteiger partial charge is 0.427 e. The second kappa shape index (κ2) is 3.90. The first kappa shape index (κ1) is 8.72. The molecule has 0 aromatic heterocycles. The van der Waals surface area contributed by atoms with E-state index in [2.05, 4.69) is 0 Å². The quantitative estimate of drug-likeness (QED) is 0.372. The van der Waals surface area contributed by atoms with Crippen molar-refractivity contribution in [2.75, 3.05) is 7.11 Å². The zero-order chi connectivity index (χ0) is 8.39. The van der Waals surface area contributed by atoms with E-state index >= 15 is 0 Å². The first-order valence-electron chi connectivity index (χ1n) is 5.04. The lowest BCUT2D eigenvalue weighted by molar-refractivity contribution is 0.354. The van der Waals surface area contributed by atoms with Crippen molar-refractivity contribution in [1.29, 1.82) is 0 Å². The maximum absolute atomic E-state index is 5.49. The molecule has 2 fully saturated rings. The minimum atomic E-state index is -0.167. The number of epoxide rings is 1. The van der Waals surface area contributed by atoms with E-state index in [1.807, 2.05) is 7.11 Å². The molecule has 1 aliphatic heterocycles. The molecule has 2 nitrogen and oxygen atoms in total. The molecule has 3 unspecified atom stereocenters. The van der Waals surface area contributed by atoms with Crippen molar-refractivity contribution in [3.63, 3.8) is 0 Å². The lowest BCUT2D eigenvalue weighted by Crippen LogP contribution is -2.13. The summed E-state index contributed by atoms with van der Waals surface area (Å²) < 4.78 is 10.7. The summed E-state index contributed by atoms with van der Waals surface area (Å²) >= 11 is 0. The normalized spacial score (nSPS) is 40.2. The smallest absolute Gasteiger partial charge is 0.161 e. The van der Waals surface area contributed by atoms with Gasteiger partial charge in [-0.1, -0.05) is 6.42 Å². The molecule has 0 radical (unpaired) electrons. The maximum atomic E-state index is 5.49. The summed E-state index contributed by atoms with van der Waals surface area (Å²) in [6.07, 6.45) is 6.78. The van der Waals surface area contributed by atoms with Crippen molar-refractivity contribution < 1.29 is 9.16 Å². The van der Waals surface area contributed by atoms with Crippen LogP contribution in [0.5, 0.6) is 0 Å². The van der Waals surface area contributed by atoms with Gasteiger partial charge in [-0.05, 0) is 31.2 Å². The molecule has 1 heterocycles. The van der Waals surface area contributed by atoms with Crippen LogP contribution in [0.15, 0.2) is 0 Å². The Labute approximate surface area is 76.6 Å². The van der Waals surface area contributed by atoms with E-state index in [0.29, 0.717) is 12.2 Å². The van der Waals surface area contributed by atoms with Crippen LogP contribution in [-0.2, 0) is 9.16 Å². The fourth-order valence-electron chi connectivity index (χ4n) is 2.27. The fourth-order valence-corrected chi connectivity index (χ4v) is 3.30. The average molecular weight is 186 g/mol. The van der Waals surface area contributed by atoms with Gasteiger partial charge < -0.3 is 9.16 Å². The van der Waals surface area contributed by atoms with Crippen LogP contribution in [0.2, 0.25) is 6.04 Å². The molecule has 1 saturated heterocycles.